The fraction of sp³-hybridized carbons (Fsp3) is 0.500. The Hall–Kier alpha value is -2.74. The molecular formula is C26H31FN2O4S. The maximum Gasteiger partial charge on any atom is 0.306 e. The molecule has 4 rings (SSSR count). The molecule has 3 heterocycles. The van der Waals surface area contributed by atoms with Crippen molar-refractivity contribution >= 4 is 29.1 Å². The van der Waals surface area contributed by atoms with Crippen LogP contribution in [0.5, 0.6) is 0 Å². The van der Waals surface area contributed by atoms with Crippen LogP contribution in [0.2, 0.25) is 0 Å². The summed E-state index contributed by atoms with van der Waals surface area (Å²) in [6, 6.07) is 9.57. The number of esters is 1. The predicted molar refractivity (Wildman–Crippen MR) is 128 cm³/mol. The number of halogens is 1. The van der Waals surface area contributed by atoms with Gasteiger partial charge < -0.3 is 14.5 Å². The zero-order chi connectivity index (χ0) is 24.1. The first-order valence-corrected chi connectivity index (χ1v) is 12.9. The van der Waals surface area contributed by atoms with Gasteiger partial charge in [0.1, 0.15) is 11.9 Å². The average Bonchev–Trinajstić information content (AvgIpc) is 3.55. The molecule has 182 valence electrons. The van der Waals surface area contributed by atoms with Crippen LogP contribution in [0.15, 0.2) is 41.8 Å². The molecule has 2 amide bonds. The zero-order valence-electron chi connectivity index (χ0n) is 19.5. The average molecular weight is 487 g/mol. The lowest BCUT2D eigenvalue weighted by Crippen LogP contribution is -2.50. The highest BCUT2D eigenvalue weighted by atomic mass is 32.1. The smallest absolute Gasteiger partial charge is 0.306 e. The lowest BCUT2D eigenvalue weighted by molar-refractivity contribution is -0.144. The van der Waals surface area contributed by atoms with E-state index in [-0.39, 0.29) is 41.9 Å². The van der Waals surface area contributed by atoms with E-state index in [0.29, 0.717) is 37.5 Å². The summed E-state index contributed by atoms with van der Waals surface area (Å²) in [5, 5.41) is 1.87. The number of hydrogen-bond acceptors (Lipinski definition) is 5. The number of piperidine rings is 1. The van der Waals surface area contributed by atoms with Crippen LogP contribution < -0.4 is 0 Å². The third-order valence-electron chi connectivity index (χ3n) is 6.94. The quantitative estimate of drug-likeness (QED) is 0.542. The van der Waals surface area contributed by atoms with Crippen LogP contribution in [-0.2, 0) is 14.3 Å². The van der Waals surface area contributed by atoms with Gasteiger partial charge in [-0.25, -0.2) is 4.39 Å². The highest BCUT2D eigenvalue weighted by Crippen LogP contribution is 2.36. The zero-order valence-corrected chi connectivity index (χ0v) is 20.3. The van der Waals surface area contributed by atoms with Gasteiger partial charge in [-0.2, -0.15) is 0 Å². The Bertz CT molecular complexity index is 987. The third-order valence-corrected chi connectivity index (χ3v) is 7.80. The number of rotatable bonds is 7. The van der Waals surface area contributed by atoms with Crippen LogP contribution in [0.4, 0.5) is 4.39 Å². The Morgan fingerprint density at radius 3 is 2.47 bits per heavy atom. The Balaban J connectivity index is 1.41. The molecule has 6 nitrogen and oxygen atoms in total. The maximum absolute atomic E-state index is 13.5. The number of nitrogens with zero attached hydrogens (tertiary/aromatic N) is 2. The number of carbonyl (C=O) groups is 3. The van der Waals surface area contributed by atoms with Gasteiger partial charge in [0.05, 0.1) is 17.9 Å². The molecule has 34 heavy (non-hydrogen) atoms. The number of amides is 2. The van der Waals surface area contributed by atoms with E-state index < -0.39 is 6.04 Å². The molecular weight excluding hydrogens is 455 g/mol. The van der Waals surface area contributed by atoms with Crippen LogP contribution >= 0.6 is 11.3 Å². The molecule has 0 N–H and O–H groups in total. The first-order chi connectivity index (χ1) is 16.5. The van der Waals surface area contributed by atoms with Gasteiger partial charge in [0.2, 0.25) is 5.91 Å². The molecule has 2 fully saturated rings. The lowest BCUT2D eigenvalue weighted by atomic mass is 9.78. The Morgan fingerprint density at radius 2 is 1.82 bits per heavy atom. The van der Waals surface area contributed by atoms with E-state index in [0.717, 1.165) is 24.8 Å². The molecule has 1 aromatic carbocycles. The van der Waals surface area contributed by atoms with Gasteiger partial charge in [-0.15, -0.1) is 11.3 Å². The van der Waals surface area contributed by atoms with Gasteiger partial charge in [0.15, 0.2) is 0 Å². The van der Waals surface area contributed by atoms with Crippen LogP contribution in [0.1, 0.15) is 60.2 Å². The van der Waals surface area contributed by atoms with E-state index in [1.54, 1.807) is 30.0 Å². The number of carbonyl (C=O) groups excluding carboxylic acids is 3. The molecule has 2 aliphatic rings. The van der Waals surface area contributed by atoms with Crippen molar-refractivity contribution in [1.29, 1.82) is 0 Å². The fourth-order valence-electron chi connectivity index (χ4n) is 5.21. The van der Waals surface area contributed by atoms with Crippen LogP contribution in [-0.4, -0.2) is 59.9 Å². The summed E-state index contributed by atoms with van der Waals surface area (Å²) >= 11 is 1.40. The molecule has 0 saturated carbocycles. The Morgan fingerprint density at radius 1 is 1.09 bits per heavy atom. The predicted octanol–water partition coefficient (Wildman–Crippen LogP) is 4.47. The topological polar surface area (TPSA) is 66.9 Å². The summed E-state index contributed by atoms with van der Waals surface area (Å²) in [6.07, 6.45) is 3.26. The van der Waals surface area contributed by atoms with Gasteiger partial charge in [0, 0.05) is 19.6 Å². The number of ether oxygens (including phenoxy) is 1. The van der Waals surface area contributed by atoms with Crippen molar-refractivity contribution in [3.8, 4) is 0 Å². The van der Waals surface area contributed by atoms with E-state index in [4.69, 9.17) is 4.74 Å². The first kappa shape index (κ1) is 24.4. The van der Waals surface area contributed by atoms with Crippen molar-refractivity contribution in [2.45, 2.75) is 51.0 Å². The molecule has 0 aliphatic carbocycles. The van der Waals surface area contributed by atoms with Crippen molar-refractivity contribution in [2.75, 3.05) is 26.2 Å². The molecule has 0 radical (unpaired) electrons. The van der Waals surface area contributed by atoms with E-state index in [9.17, 15) is 18.8 Å². The molecule has 2 unspecified atom stereocenters. The largest absolute Gasteiger partial charge is 0.466 e. The summed E-state index contributed by atoms with van der Waals surface area (Å²) in [5.74, 6) is -0.510. The van der Waals surface area contributed by atoms with E-state index >= 15 is 0 Å². The highest BCUT2D eigenvalue weighted by Gasteiger charge is 2.39. The monoisotopic (exact) mass is 486 g/mol. The maximum atomic E-state index is 13.5. The summed E-state index contributed by atoms with van der Waals surface area (Å²) in [4.78, 5) is 42.8. The van der Waals surface area contributed by atoms with Gasteiger partial charge >= 0.3 is 5.97 Å². The molecule has 2 saturated heterocycles. The molecule has 0 spiro atoms. The third kappa shape index (κ3) is 5.49. The summed E-state index contributed by atoms with van der Waals surface area (Å²) in [5.41, 5.74) is 0.919. The second-order valence-electron chi connectivity index (χ2n) is 8.96. The van der Waals surface area contributed by atoms with Crippen LogP contribution in [0, 0.1) is 11.7 Å². The molecule has 2 aromatic rings. The van der Waals surface area contributed by atoms with E-state index in [1.807, 2.05) is 16.3 Å². The SMILES string of the molecule is CCOC(=O)CC(c1ccc(F)cc1)C1CCN(C(=O)C2CCCN2C(=O)c2cccs2)CC1. The fourth-order valence-corrected chi connectivity index (χ4v) is 5.89. The standard InChI is InChI=1S/C26H31FN2O4S/c1-2-33-24(30)17-21(18-7-9-20(27)10-8-18)19-11-14-28(15-12-19)25(31)22-5-3-13-29(22)26(32)23-6-4-16-34-23/h4,6-10,16,19,21-22H,2-3,5,11-15,17H2,1H3. The van der Waals surface area contributed by atoms with Crippen molar-refractivity contribution < 1.29 is 23.5 Å². The van der Waals surface area contributed by atoms with Crippen LogP contribution in [0.3, 0.4) is 0 Å². The highest BCUT2D eigenvalue weighted by molar-refractivity contribution is 7.12. The Labute approximate surface area is 203 Å². The molecule has 2 aliphatic heterocycles. The van der Waals surface area contributed by atoms with E-state index in [2.05, 4.69) is 0 Å². The van der Waals surface area contributed by atoms with E-state index in [1.165, 1.54) is 23.5 Å². The summed E-state index contributed by atoms with van der Waals surface area (Å²) < 4.78 is 18.7. The van der Waals surface area contributed by atoms with Crippen molar-refractivity contribution in [1.82, 2.24) is 9.80 Å². The number of hydrogen-bond donors (Lipinski definition) is 0. The number of likely N-dealkylation sites (tertiary alicyclic amines) is 2. The van der Waals surface area contributed by atoms with Gasteiger partial charge in [0.25, 0.3) is 5.91 Å². The molecule has 0 bridgehead atoms. The van der Waals surface area contributed by atoms with Gasteiger partial charge in [-0.1, -0.05) is 18.2 Å². The van der Waals surface area contributed by atoms with Gasteiger partial charge in [-0.3, -0.25) is 14.4 Å². The first-order valence-electron chi connectivity index (χ1n) is 12.0. The molecule has 2 atom stereocenters. The minimum absolute atomic E-state index is 0.0181. The van der Waals surface area contributed by atoms with Crippen molar-refractivity contribution in [2.24, 2.45) is 5.92 Å². The second-order valence-corrected chi connectivity index (χ2v) is 9.91. The van der Waals surface area contributed by atoms with Crippen molar-refractivity contribution in [3.63, 3.8) is 0 Å². The van der Waals surface area contributed by atoms with Gasteiger partial charge in [-0.05, 0) is 73.6 Å². The second kappa shape index (κ2) is 11.1. The lowest BCUT2D eigenvalue weighted by Gasteiger charge is -2.38. The molecule has 1 aromatic heterocycles. The van der Waals surface area contributed by atoms with Crippen molar-refractivity contribution in [3.05, 3.63) is 58.0 Å². The summed E-state index contributed by atoms with van der Waals surface area (Å²) in [7, 11) is 0. The molecule has 8 heteroatoms. The normalized spacial score (nSPS) is 19.8. The number of benzene rings is 1. The minimum Gasteiger partial charge on any atom is -0.466 e. The summed E-state index contributed by atoms with van der Waals surface area (Å²) in [6.45, 7) is 3.88. The number of thiophene rings is 1. The Kier molecular flexibility index (Phi) is 7.98. The van der Waals surface area contributed by atoms with Crippen LogP contribution in [0.25, 0.3) is 0 Å². The minimum atomic E-state index is -0.404.